The molecule has 2 aromatic rings. The summed E-state index contributed by atoms with van der Waals surface area (Å²) in [6, 6.07) is 11.9. The molecule has 30 heavy (non-hydrogen) atoms. The third-order valence-corrected chi connectivity index (χ3v) is 5.65. The number of amides is 1. The SMILES string of the molecule is CCNC(=NCc1cccc(OCC(=O)N(C)C)c1)NCC(C)(C)c1cccs1.I. The Morgan fingerprint density at radius 2 is 1.97 bits per heavy atom. The van der Waals surface area contributed by atoms with E-state index in [2.05, 4.69) is 48.9 Å². The van der Waals surface area contributed by atoms with Crippen LogP contribution in [0, 0.1) is 0 Å². The zero-order valence-electron chi connectivity index (χ0n) is 18.4. The van der Waals surface area contributed by atoms with Crippen LogP contribution in [0.4, 0.5) is 0 Å². The second-order valence-electron chi connectivity index (χ2n) is 7.63. The molecule has 1 amide bonds. The zero-order chi connectivity index (χ0) is 21.3. The molecule has 0 aliphatic rings. The maximum Gasteiger partial charge on any atom is 0.259 e. The second-order valence-corrected chi connectivity index (χ2v) is 8.58. The number of guanidine groups is 1. The molecule has 0 spiro atoms. The summed E-state index contributed by atoms with van der Waals surface area (Å²) in [6.07, 6.45) is 0. The molecule has 8 heteroatoms. The van der Waals surface area contributed by atoms with Gasteiger partial charge in [0, 0.05) is 37.5 Å². The van der Waals surface area contributed by atoms with Gasteiger partial charge in [0.15, 0.2) is 12.6 Å². The van der Waals surface area contributed by atoms with Crippen molar-refractivity contribution < 1.29 is 9.53 Å². The van der Waals surface area contributed by atoms with E-state index in [0.717, 1.165) is 24.6 Å². The maximum atomic E-state index is 11.7. The van der Waals surface area contributed by atoms with Crippen LogP contribution >= 0.6 is 35.3 Å². The van der Waals surface area contributed by atoms with Crippen molar-refractivity contribution in [3.05, 3.63) is 52.2 Å². The summed E-state index contributed by atoms with van der Waals surface area (Å²) in [7, 11) is 3.43. The first-order chi connectivity index (χ1) is 13.8. The molecule has 0 unspecified atom stereocenters. The lowest BCUT2D eigenvalue weighted by molar-refractivity contribution is -0.130. The highest BCUT2D eigenvalue weighted by atomic mass is 127. The topological polar surface area (TPSA) is 66.0 Å². The van der Waals surface area contributed by atoms with Crippen LogP contribution in [0.2, 0.25) is 0 Å². The minimum absolute atomic E-state index is 0. The van der Waals surface area contributed by atoms with Gasteiger partial charge in [-0.1, -0.05) is 32.0 Å². The Bertz CT molecular complexity index is 807. The highest BCUT2D eigenvalue weighted by molar-refractivity contribution is 14.0. The normalized spacial score (nSPS) is 11.4. The van der Waals surface area contributed by atoms with Crippen molar-refractivity contribution in [3.8, 4) is 5.75 Å². The number of carbonyl (C=O) groups is 1. The third-order valence-electron chi connectivity index (χ3n) is 4.41. The van der Waals surface area contributed by atoms with Crippen LogP contribution in [0.25, 0.3) is 0 Å². The molecule has 0 saturated carbocycles. The molecule has 1 heterocycles. The minimum atomic E-state index is -0.0691. The van der Waals surface area contributed by atoms with Crippen LogP contribution in [0.5, 0.6) is 5.75 Å². The fourth-order valence-electron chi connectivity index (χ4n) is 2.58. The lowest BCUT2D eigenvalue weighted by atomic mass is 9.91. The van der Waals surface area contributed by atoms with E-state index in [1.807, 2.05) is 24.3 Å². The number of hydrogen-bond donors (Lipinski definition) is 2. The monoisotopic (exact) mass is 544 g/mol. The molecule has 0 fully saturated rings. The quantitative estimate of drug-likeness (QED) is 0.286. The number of benzene rings is 1. The van der Waals surface area contributed by atoms with E-state index in [4.69, 9.17) is 9.73 Å². The fourth-order valence-corrected chi connectivity index (χ4v) is 3.43. The van der Waals surface area contributed by atoms with E-state index in [0.29, 0.717) is 12.3 Å². The Balaban J connectivity index is 0.00000450. The first kappa shape index (κ1) is 26.2. The van der Waals surface area contributed by atoms with Crippen molar-refractivity contribution in [1.82, 2.24) is 15.5 Å². The first-order valence-electron chi connectivity index (χ1n) is 9.80. The third kappa shape index (κ3) is 8.51. The lowest BCUT2D eigenvalue weighted by Crippen LogP contribution is -2.43. The van der Waals surface area contributed by atoms with Crippen LogP contribution in [0.1, 0.15) is 31.2 Å². The molecule has 6 nitrogen and oxygen atoms in total. The van der Waals surface area contributed by atoms with E-state index in [-0.39, 0.29) is 41.9 Å². The summed E-state index contributed by atoms with van der Waals surface area (Å²) in [6.45, 7) is 8.64. The number of likely N-dealkylation sites (N-methyl/N-ethyl adjacent to an activating group) is 1. The van der Waals surface area contributed by atoms with Gasteiger partial charge >= 0.3 is 0 Å². The molecule has 0 atom stereocenters. The smallest absolute Gasteiger partial charge is 0.259 e. The van der Waals surface area contributed by atoms with Gasteiger partial charge in [-0.25, -0.2) is 4.99 Å². The molecule has 1 aromatic heterocycles. The molecule has 1 aromatic carbocycles. The molecule has 0 aliphatic carbocycles. The Kier molecular flexibility index (Phi) is 11.2. The summed E-state index contributed by atoms with van der Waals surface area (Å²) < 4.78 is 5.59. The number of carbonyl (C=O) groups excluding carboxylic acids is 1. The summed E-state index contributed by atoms with van der Waals surface area (Å²) in [5.74, 6) is 1.39. The van der Waals surface area contributed by atoms with Gasteiger partial charge in [0.1, 0.15) is 5.75 Å². The lowest BCUT2D eigenvalue weighted by Gasteiger charge is -2.25. The molecule has 0 radical (unpaired) electrons. The van der Waals surface area contributed by atoms with Gasteiger partial charge in [-0.3, -0.25) is 4.79 Å². The molecule has 0 bridgehead atoms. The van der Waals surface area contributed by atoms with Gasteiger partial charge < -0.3 is 20.3 Å². The predicted octanol–water partition coefficient (Wildman–Crippen LogP) is 3.87. The molecule has 0 aliphatic heterocycles. The van der Waals surface area contributed by atoms with Gasteiger partial charge in [-0.2, -0.15) is 0 Å². The van der Waals surface area contributed by atoms with Gasteiger partial charge in [-0.05, 0) is 36.1 Å². The summed E-state index contributed by atoms with van der Waals surface area (Å²) in [4.78, 5) is 19.2. The number of rotatable bonds is 9. The number of nitrogens with one attached hydrogen (secondary N) is 2. The fraction of sp³-hybridized carbons (Fsp3) is 0.455. The van der Waals surface area contributed by atoms with Crippen LogP contribution in [-0.4, -0.2) is 50.6 Å². The number of aliphatic imine (C=N–C) groups is 1. The van der Waals surface area contributed by atoms with Gasteiger partial charge in [-0.15, -0.1) is 35.3 Å². The van der Waals surface area contributed by atoms with Crippen molar-refractivity contribution in [2.45, 2.75) is 32.7 Å². The van der Waals surface area contributed by atoms with Crippen molar-refractivity contribution in [3.63, 3.8) is 0 Å². The summed E-state index contributed by atoms with van der Waals surface area (Å²) in [5.41, 5.74) is 1.05. The first-order valence-corrected chi connectivity index (χ1v) is 10.7. The van der Waals surface area contributed by atoms with Crippen LogP contribution < -0.4 is 15.4 Å². The highest BCUT2D eigenvalue weighted by Crippen LogP contribution is 2.26. The zero-order valence-corrected chi connectivity index (χ0v) is 21.5. The van der Waals surface area contributed by atoms with Gasteiger partial charge in [0.2, 0.25) is 0 Å². The molecule has 0 saturated heterocycles. The van der Waals surface area contributed by atoms with E-state index in [1.165, 1.54) is 9.78 Å². The maximum absolute atomic E-state index is 11.7. The summed E-state index contributed by atoms with van der Waals surface area (Å²) in [5, 5.41) is 8.86. The number of thiophene rings is 1. The molecular formula is C22H33IN4O2S. The van der Waals surface area contributed by atoms with Crippen LogP contribution in [0.15, 0.2) is 46.8 Å². The number of nitrogens with zero attached hydrogens (tertiary/aromatic N) is 2. The highest BCUT2D eigenvalue weighted by Gasteiger charge is 2.21. The summed E-state index contributed by atoms with van der Waals surface area (Å²) >= 11 is 1.77. The predicted molar refractivity (Wildman–Crippen MR) is 136 cm³/mol. The largest absolute Gasteiger partial charge is 0.484 e. The number of hydrogen-bond acceptors (Lipinski definition) is 4. The molecule has 2 rings (SSSR count). The minimum Gasteiger partial charge on any atom is -0.484 e. The van der Waals surface area contributed by atoms with Crippen molar-refractivity contribution in [2.75, 3.05) is 33.8 Å². The Morgan fingerprint density at radius 1 is 1.20 bits per heavy atom. The Hall–Kier alpha value is -1.81. The van der Waals surface area contributed by atoms with Gasteiger partial charge in [0.05, 0.1) is 6.54 Å². The average molecular weight is 545 g/mol. The molecule has 166 valence electrons. The van der Waals surface area contributed by atoms with E-state index in [1.54, 1.807) is 25.4 Å². The van der Waals surface area contributed by atoms with Crippen molar-refractivity contribution in [2.24, 2.45) is 4.99 Å². The van der Waals surface area contributed by atoms with E-state index in [9.17, 15) is 4.79 Å². The molecular weight excluding hydrogens is 511 g/mol. The standard InChI is InChI=1S/C22H32N4O2S.HI/c1-6-23-21(25-16-22(2,3)19-11-8-12-29-19)24-14-17-9-7-10-18(13-17)28-15-20(27)26(4)5;/h7-13H,6,14-16H2,1-5H3,(H2,23,24,25);1H. The average Bonchev–Trinajstić information content (AvgIpc) is 3.24. The van der Waals surface area contributed by atoms with Crippen LogP contribution in [0.3, 0.4) is 0 Å². The molecule has 2 N–H and O–H groups in total. The van der Waals surface area contributed by atoms with Crippen molar-refractivity contribution in [1.29, 1.82) is 0 Å². The van der Waals surface area contributed by atoms with Crippen LogP contribution in [-0.2, 0) is 16.8 Å². The van der Waals surface area contributed by atoms with Gasteiger partial charge in [0.25, 0.3) is 5.91 Å². The van der Waals surface area contributed by atoms with Crippen molar-refractivity contribution >= 4 is 47.2 Å². The second kappa shape index (κ2) is 12.8. The van der Waals surface area contributed by atoms with E-state index < -0.39 is 0 Å². The Morgan fingerprint density at radius 3 is 2.60 bits per heavy atom. The number of ether oxygens (including phenoxy) is 1. The van der Waals surface area contributed by atoms with E-state index >= 15 is 0 Å². The Labute approximate surface area is 201 Å². The number of halogens is 1.